The summed E-state index contributed by atoms with van der Waals surface area (Å²) in [4.78, 5) is 11.8. The van der Waals surface area contributed by atoms with Crippen LogP contribution in [0.3, 0.4) is 0 Å². The number of benzene rings is 2. The number of nitrogens with zero attached hydrogens (tertiary/aromatic N) is 1. The molecule has 5 nitrogen and oxygen atoms in total. The molecule has 0 bridgehead atoms. The summed E-state index contributed by atoms with van der Waals surface area (Å²) in [6.07, 6.45) is 1.12. The Kier molecular flexibility index (Phi) is 8.04. The van der Waals surface area contributed by atoms with Crippen molar-refractivity contribution in [2.45, 2.75) is 44.3 Å². The third kappa shape index (κ3) is 7.62. The third-order valence-electron chi connectivity index (χ3n) is 4.42. The summed E-state index contributed by atoms with van der Waals surface area (Å²) in [6, 6.07) is 9.13. The summed E-state index contributed by atoms with van der Waals surface area (Å²) in [6.45, 7) is 0. The monoisotopic (exact) mass is 423 g/mol. The van der Waals surface area contributed by atoms with Crippen molar-refractivity contribution in [3.8, 4) is 11.8 Å². The number of urea groups is 1. The maximum Gasteiger partial charge on any atom is 0.416 e. The Labute approximate surface area is 171 Å². The molecule has 0 aromatic heterocycles. The zero-order valence-electron chi connectivity index (χ0n) is 16.0. The topological polar surface area (TPSA) is 85.2 Å². The molecule has 0 saturated heterocycles. The van der Waals surface area contributed by atoms with E-state index in [-0.39, 0.29) is 23.4 Å². The summed E-state index contributed by atoms with van der Waals surface area (Å²) in [5.41, 5.74) is -0.270. The molecular formula is C21H21F4N3O2. The van der Waals surface area contributed by atoms with Gasteiger partial charge in [0.1, 0.15) is 11.6 Å². The van der Waals surface area contributed by atoms with Gasteiger partial charge in [-0.3, -0.25) is 0 Å². The Hall–Kier alpha value is -3.28. The highest BCUT2D eigenvalue weighted by Gasteiger charge is 2.29. The van der Waals surface area contributed by atoms with Crippen molar-refractivity contribution in [2.75, 3.05) is 5.32 Å². The second kappa shape index (κ2) is 10.5. The first-order valence-electron chi connectivity index (χ1n) is 9.32. The number of hydrogen-bond donors (Lipinski definition) is 3. The molecule has 1 aliphatic rings. The van der Waals surface area contributed by atoms with E-state index in [4.69, 9.17) is 10.4 Å². The highest BCUT2D eigenvalue weighted by Crippen LogP contribution is 2.29. The minimum absolute atomic E-state index is 0.169. The number of phenols is 1. The fourth-order valence-corrected chi connectivity index (χ4v) is 2.98. The van der Waals surface area contributed by atoms with Crippen LogP contribution >= 0.6 is 0 Å². The van der Waals surface area contributed by atoms with Crippen molar-refractivity contribution in [1.82, 2.24) is 5.32 Å². The minimum atomic E-state index is -4.33. The number of aromatic hydroxyl groups is 1. The van der Waals surface area contributed by atoms with Crippen molar-refractivity contribution < 1.29 is 27.5 Å². The van der Waals surface area contributed by atoms with Crippen LogP contribution in [0.25, 0.3) is 0 Å². The molecule has 0 atom stereocenters. The number of nitrogens with one attached hydrogen (secondary N) is 2. The van der Waals surface area contributed by atoms with E-state index in [0.29, 0.717) is 5.69 Å². The molecule has 0 radical (unpaired) electrons. The number of amides is 2. The van der Waals surface area contributed by atoms with Crippen LogP contribution in [-0.4, -0.2) is 17.2 Å². The number of halogens is 4. The van der Waals surface area contributed by atoms with Gasteiger partial charge in [0.25, 0.3) is 0 Å². The van der Waals surface area contributed by atoms with Crippen LogP contribution in [0, 0.1) is 17.1 Å². The van der Waals surface area contributed by atoms with E-state index in [1.807, 2.05) is 6.07 Å². The normalized spacial score (nSPS) is 14.1. The summed E-state index contributed by atoms with van der Waals surface area (Å²) in [5, 5.41) is 22.8. The number of nitriles is 1. The number of carbonyl (C=O) groups excluding carboxylic acids is 1. The Balaban J connectivity index is 0.000000248. The summed E-state index contributed by atoms with van der Waals surface area (Å²) in [7, 11) is 0. The fraction of sp³-hybridized carbons (Fsp3) is 0.333. The van der Waals surface area contributed by atoms with Crippen LogP contribution in [-0.2, 0) is 6.18 Å². The maximum atomic E-state index is 13.2. The first kappa shape index (κ1) is 23.0. The predicted octanol–water partition coefficient (Wildman–Crippen LogP) is 5.56. The molecule has 160 valence electrons. The maximum absolute atomic E-state index is 13.2. The number of anilines is 1. The van der Waals surface area contributed by atoms with Gasteiger partial charge in [0, 0.05) is 11.7 Å². The smallest absolute Gasteiger partial charge is 0.416 e. The molecule has 0 unspecified atom stereocenters. The second-order valence-corrected chi connectivity index (χ2v) is 6.82. The zero-order chi connectivity index (χ0) is 22.1. The van der Waals surface area contributed by atoms with E-state index in [0.717, 1.165) is 56.0 Å². The van der Waals surface area contributed by atoms with Crippen molar-refractivity contribution in [3.63, 3.8) is 0 Å². The van der Waals surface area contributed by atoms with Crippen molar-refractivity contribution in [2.24, 2.45) is 0 Å². The number of phenolic OH excluding ortho intramolecular Hbond substituents is 1. The van der Waals surface area contributed by atoms with Gasteiger partial charge in [0.15, 0.2) is 0 Å². The number of carbonyl (C=O) groups is 1. The molecule has 1 saturated carbocycles. The summed E-state index contributed by atoms with van der Waals surface area (Å²) in [5.74, 6) is -0.704. The van der Waals surface area contributed by atoms with E-state index >= 15 is 0 Å². The van der Waals surface area contributed by atoms with Gasteiger partial charge in [0.05, 0.1) is 17.2 Å². The van der Waals surface area contributed by atoms with E-state index in [2.05, 4.69) is 10.6 Å². The van der Waals surface area contributed by atoms with Gasteiger partial charge in [-0.2, -0.15) is 18.4 Å². The third-order valence-corrected chi connectivity index (χ3v) is 4.42. The average molecular weight is 423 g/mol. The van der Waals surface area contributed by atoms with E-state index < -0.39 is 17.6 Å². The van der Waals surface area contributed by atoms with Crippen LogP contribution in [0.5, 0.6) is 5.75 Å². The lowest BCUT2D eigenvalue weighted by Gasteiger charge is -2.22. The van der Waals surface area contributed by atoms with Gasteiger partial charge in [-0.25, -0.2) is 9.18 Å². The van der Waals surface area contributed by atoms with E-state index in [1.54, 1.807) is 0 Å². The molecule has 1 fully saturated rings. The lowest BCUT2D eigenvalue weighted by atomic mass is 9.96. The van der Waals surface area contributed by atoms with Crippen molar-refractivity contribution >= 4 is 11.7 Å². The molecule has 2 aromatic rings. The molecule has 0 aliphatic heterocycles. The SMILES string of the molecule is N#Cc1cc(F)cc(NC(=O)NC2CCCCC2)c1.Oc1ccc(C(F)(F)F)cc1. The molecule has 2 aromatic carbocycles. The van der Waals surface area contributed by atoms with Gasteiger partial charge < -0.3 is 15.7 Å². The Morgan fingerprint density at radius 1 is 1.07 bits per heavy atom. The van der Waals surface area contributed by atoms with Crippen molar-refractivity contribution in [3.05, 3.63) is 59.4 Å². The first-order valence-corrected chi connectivity index (χ1v) is 9.32. The number of hydrogen-bond acceptors (Lipinski definition) is 3. The first-order chi connectivity index (χ1) is 14.2. The van der Waals surface area contributed by atoms with Gasteiger partial charge in [-0.15, -0.1) is 0 Å². The quantitative estimate of drug-likeness (QED) is 0.553. The number of rotatable bonds is 2. The molecule has 1 aliphatic carbocycles. The summed E-state index contributed by atoms with van der Waals surface area (Å²) >= 11 is 0. The standard InChI is InChI=1S/C14H16FN3O.C7H5F3O/c15-11-6-10(9-16)7-13(8-11)18-14(19)17-12-4-2-1-3-5-12;8-7(9,10)5-1-3-6(11)4-2-5/h6-8,12H,1-5H2,(H2,17,18,19);1-4,11H. The average Bonchev–Trinajstić information content (AvgIpc) is 2.68. The van der Waals surface area contributed by atoms with Gasteiger partial charge in [0.2, 0.25) is 0 Å². The summed E-state index contributed by atoms with van der Waals surface area (Å²) < 4.78 is 48.7. The lowest BCUT2D eigenvalue weighted by molar-refractivity contribution is -0.137. The Morgan fingerprint density at radius 3 is 2.27 bits per heavy atom. The van der Waals surface area contributed by atoms with E-state index in [9.17, 15) is 22.4 Å². The molecule has 3 rings (SSSR count). The van der Waals surface area contributed by atoms with Crippen LogP contribution in [0.1, 0.15) is 43.2 Å². The Bertz CT molecular complexity index is 887. The molecule has 9 heteroatoms. The minimum Gasteiger partial charge on any atom is -0.508 e. The zero-order valence-corrected chi connectivity index (χ0v) is 16.0. The molecular weight excluding hydrogens is 402 g/mol. The number of alkyl halides is 3. The van der Waals surface area contributed by atoms with Gasteiger partial charge in [-0.05, 0) is 55.3 Å². The van der Waals surface area contributed by atoms with Gasteiger partial charge >= 0.3 is 12.2 Å². The lowest BCUT2D eigenvalue weighted by Crippen LogP contribution is -2.39. The molecule has 30 heavy (non-hydrogen) atoms. The molecule has 0 heterocycles. The second-order valence-electron chi connectivity index (χ2n) is 6.82. The Morgan fingerprint density at radius 2 is 1.70 bits per heavy atom. The van der Waals surface area contributed by atoms with Crippen LogP contribution in [0.4, 0.5) is 28.0 Å². The predicted molar refractivity (Wildman–Crippen MR) is 103 cm³/mol. The molecule has 0 spiro atoms. The highest BCUT2D eigenvalue weighted by molar-refractivity contribution is 5.89. The molecule has 3 N–H and O–H groups in total. The fourth-order valence-electron chi connectivity index (χ4n) is 2.98. The van der Waals surface area contributed by atoms with E-state index in [1.165, 1.54) is 18.6 Å². The van der Waals surface area contributed by atoms with Crippen LogP contribution < -0.4 is 10.6 Å². The van der Waals surface area contributed by atoms with Crippen molar-refractivity contribution in [1.29, 1.82) is 5.26 Å². The molecule has 2 amide bonds. The van der Waals surface area contributed by atoms with Gasteiger partial charge in [-0.1, -0.05) is 19.3 Å². The van der Waals surface area contributed by atoms with Crippen LogP contribution in [0.2, 0.25) is 0 Å². The van der Waals surface area contributed by atoms with Crippen LogP contribution in [0.15, 0.2) is 42.5 Å². The largest absolute Gasteiger partial charge is 0.508 e. The highest BCUT2D eigenvalue weighted by atomic mass is 19.4.